The van der Waals surface area contributed by atoms with Crippen molar-refractivity contribution in [2.24, 2.45) is 0 Å². The molecule has 0 aromatic heterocycles. The molecule has 0 aliphatic heterocycles. The Morgan fingerprint density at radius 3 is 2.39 bits per heavy atom. The number of nitrogens with one attached hydrogen (secondary N) is 1. The second-order valence-corrected chi connectivity index (χ2v) is 9.08. The van der Waals surface area contributed by atoms with E-state index in [9.17, 15) is 13.2 Å². The van der Waals surface area contributed by atoms with Crippen molar-refractivity contribution in [2.45, 2.75) is 18.2 Å². The lowest BCUT2D eigenvalue weighted by Crippen LogP contribution is -2.29. The van der Waals surface area contributed by atoms with E-state index in [0.29, 0.717) is 35.5 Å². The molecule has 3 aromatic rings. The average Bonchev–Trinajstić information content (AvgIpc) is 2.79. The number of hydrogen-bond donors (Lipinski definition) is 1. The van der Waals surface area contributed by atoms with Gasteiger partial charge in [-0.25, -0.2) is 8.42 Å². The number of anilines is 1. The Bertz CT molecular complexity index is 1160. The van der Waals surface area contributed by atoms with Crippen molar-refractivity contribution < 1.29 is 17.9 Å². The third kappa shape index (κ3) is 5.06. The molecule has 31 heavy (non-hydrogen) atoms. The predicted octanol–water partition coefficient (Wildman–Crippen LogP) is 3.80. The van der Waals surface area contributed by atoms with Gasteiger partial charge in [-0.15, -0.1) is 0 Å². The van der Waals surface area contributed by atoms with Crippen molar-refractivity contribution in [3.05, 3.63) is 89.5 Å². The zero-order valence-corrected chi connectivity index (χ0v) is 18.6. The van der Waals surface area contributed by atoms with Gasteiger partial charge in [-0.3, -0.25) is 9.10 Å². The van der Waals surface area contributed by atoms with Crippen LogP contribution in [0.25, 0.3) is 0 Å². The molecule has 6 nitrogen and oxygen atoms in total. The van der Waals surface area contributed by atoms with Crippen LogP contribution in [0.4, 0.5) is 5.69 Å². The van der Waals surface area contributed by atoms with Gasteiger partial charge in [0.1, 0.15) is 5.75 Å². The molecule has 1 amide bonds. The largest absolute Gasteiger partial charge is 0.495 e. The van der Waals surface area contributed by atoms with Gasteiger partial charge >= 0.3 is 0 Å². The Kier molecular flexibility index (Phi) is 6.97. The molecule has 162 valence electrons. The molecular weight excluding hydrogens is 412 g/mol. The van der Waals surface area contributed by atoms with E-state index in [1.165, 1.54) is 26.3 Å². The molecular formula is C24H26N2O4S. The molecule has 0 saturated carbocycles. The van der Waals surface area contributed by atoms with Crippen LogP contribution in [0.15, 0.2) is 77.7 Å². The zero-order valence-electron chi connectivity index (χ0n) is 17.8. The van der Waals surface area contributed by atoms with Gasteiger partial charge in [0, 0.05) is 19.2 Å². The van der Waals surface area contributed by atoms with Gasteiger partial charge in [-0.05, 0) is 48.7 Å². The first-order valence-corrected chi connectivity index (χ1v) is 11.3. The molecule has 0 unspecified atom stereocenters. The van der Waals surface area contributed by atoms with E-state index in [2.05, 4.69) is 5.32 Å². The van der Waals surface area contributed by atoms with E-state index < -0.39 is 10.0 Å². The van der Waals surface area contributed by atoms with E-state index in [0.717, 1.165) is 9.87 Å². The average molecular weight is 439 g/mol. The number of ether oxygens (including phenoxy) is 1. The summed E-state index contributed by atoms with van der Waals surface area (Å²) >= 11 is 0. The maximum atomic E-state index is 13.2. The van der Waals surface area contributed by atoms with Gasteiger partial charge in [0.25, 0.3) is 15.9 Å². The number of aryl methyl sites for hydroxylation is 1. The first-order valence-electron chi connectivity index (χ1n) is 9.89. The van der Waals surface area contributed by atoms with Gasteiger partial charge in [-0.1, -0.05) is 48.5 Å². The quantitative estimate of drug-likeness (QED) is 0.580. The highest BCUT2D eigenvalue weighted by molar-refractivity contribution is 7.92. The van der Waals surface area contributed by atoms with Crippen molar-refractivity contribution in [3.8, 4) is 5.75 Å². The van der Waals surface area contributed by atoms with E-state index in [-0.39, 0.29) is 10.8 Å². The number of sulfonamides is 1. The summed E-state index contributed by atoms with van der Waals surface area (Å²) in [4.78, 5) is 12.8. The lowest BCUT2D eigenvalue weighted by Gasteiger charge is -2.22. The van der Waals surface area contributed by atoms with E-state index >= 15 is 0 Å². The Morgan fingerprint density at radius 1 is 1.00 bits per heavy atom. The maximum absolute atomic E-state index is 13.2. The van der Waals surface area contributed by atoms with Crippen LogP contribution >= 0.6 is 0 Å². The van der Waals surface area contributed by atoms with Crippen LogP contribution in [0.5, 0.6) is 5.75 Å². The third-order valence-electron chi connectivity index (χ3n) is 5.08. The molecule has 1 N–H and O–H groups in total. The maximum Gasteiger partial charge on any atom is 0.264 e. The number of hydrogen-bond acceptors (Lipinski definition) is 4. The number of nitrogens with zero attached hydrogens (tertiary/aromatic N) is 1. The summed E-state index contributed by atoms with van der Waals surface area (Å²) in [5.74, 6) is 0.144. The number of amides is 1. The first-order chi connectivity index (χ1) is 14.8. The standard InChI is InChI=1S/C24H26N2O4S/c1-18-13-14-20(31(28,29)26(2)22-11-7-8-12-23(22)30-3)17-21(18)24(27)25-16-15-19-9-5-4-6-10-19/h4-14,17H,15-16H2,1-3H3,(H,25,27). The number of methoxy groups -OCH3 is 1. The molecule has 0 aliphatic carbocycles. The summed E-state index contributed by atoms with van der Waals surface area (Å²) in [6.45, 7) is 2.24. The van der Waals surface area contributed by atoms with Crippen LogP contribution in [0.2, 0.25) is 0 Å². The highest BCUT2D eigenvalue weighted by Crippen LogP contribution is 2.31. The molecule has 0 atom stereocenters. The van der Waals surface area contributed by atoms with Gasteiger partial charge < -0.3 is 10.1 Å². The predicted molar refractivity (Wildman–Crippen MR) is 122 cm³/mol. The lowest BCUT2D eigenvalue weighted by atomic mass is 10.1. The fourth-order valence-corrected chi connectivity index (χ4v) is 4.48. The minimum atomic E-state index is -3.89. The van der Waals surface area contributed by atoms with Crippen molar-refractivity contribution >= 4 is 21.6 Å². The van der Waals surface area contributed by atoms with Crippen LogP contribution in [-0.2, 0) is 16.4 Å². The topological polar surface area (TPSA) is 75.7 Å². The summed E-state index contributed by atoms with van der Waals surface area (Å²) < 4.78 is 32.9. The number of benzene rings is 3. The Balaban J connectivity index is 1.81. The van der Waals surface area contributed by atoms with Gasteiger partial charge in [0.15, 0.2) is 0 Å². The van der Waals surface area contributed by atoms with Crippen molar-refractivity contribution in [1.29, 1.82) is 0 Å². The number of rotatable bonds is 8. The summed E-state index contributed by atoms with van der Waals surface area (Å²) in [7, 11) is -0.933. The van der Waals surface area contributed by atoms with Crippen LogP contribution in [0.3, 0.4) is 0 Å². The third-order valence-corrected chi connectivity index (χ3v) is 6.85. The molecule has 0 saturated heterocycles. The molecule has 0 bridgehead atoms. The van der Waals surface area contributed by atoms with E-state index in [1.807, 2.05) is 30.3 Å². The van der Waals surface area contributed by atoms with Crippen molar-refractivity contribution in [3.63, 3.8) is 0 Å². The molecule has 3 rings (SSSR count). The molecule has 0 spiro atoms. The molecule has 7 heteroatoms. The molecule has 0 fully saturated rings. The highest BCUT2D eigenvalue weighted by Gasteiger charge is 2.25. The van der Waals surface area contributed by atoms with Crippen LogP contribution in [0.1, 0.15) is 21.5 Å². The summed E-state index contributed by atoms with van der Waals surface area (Å²) in [5, 5.41) is 2.88. The first kappa shape index (κ1) is 22.4. The minimum absolute atomic E-state index is 0.0414. The van der Waals surface area contributed by atoms with E-state index in [4.69, 9.17) is 4.74 Å². The molecule has 0 aliphatic rings. The zero-order chi connectivity index (χ0) is 22.4. The highest BCUT2D eigenvalue weighted by atomic mass is 32.2. The van der Waals surface area contributed by atoms with E-state index in [1.54, 1.807) is 37.3 Å². The number of carbonyl (C=O) groups excluding carboxylic acids is 1. The van der Waals surface area contributed by atoms with Crippen LogP contribution < -0.4 is 14.4 Å². The molecule has 0 radical (unpaired) electrons. The number of carbonyl (C=O) groups is 1. The van der Waals surface area contributed by atoms with Gasteiger partial charge in [0.05, 0.1) is 17.7 Å². The summed E-state index contributed by atoms with van der Waals surface area (Å²) in [6.07, 6.45) is 0.695. The smallest absolute Gasteiger partial charge is 0.264 e. The monoisotopic (exact) mass is 438 g/mol. The summed E-state index contributed by atoms with van der Waals surface area (Å²) in [6, 6.07) is 21.3. The second kappa shape index (κ2) is 9.66. The van der Waals surface area contributed by atoms with Crippen LogP contribution in [0, 0.1) is 6.92 Å². The normalized spacial score (nSPS) is 11.1. The van der Waals surface area contributed by atoms with Crippen molar-refractivity contribution in [2.75, 3.05) is 25.0 Å². The number of para-hydroxylation sites is 2. The molecule has 0 heterocycles. The molecule has 3 aromatic carbocycles. The lowest BCUT2D eigenvalue weighted by molar-refractivity contribution is 0.0953. The van der Waals surface area contributed by atoms with Crippen molar-refractivity contribution in [1.82, 2.24) is 5.32 Å². The SMILES string of the molecule is COc1ccccc1N(C)S(=O)(=O)c1ccc(C)c(C(=O)NCCc2ccccc2)c1. The second-order valence-electron chi connectivity index (χ2n) is 7.11. The Morgan fingerprint density at radius 2 is 1.68 bits per heavy atom. The van der Waals surface area contributed by atoms with Gasteiger partial charge in [0.2, 0.25) is 0 Å². The minimum Gasteiger partial charge on any atom is -0.495 e. The summed E-state index contributed by atoms with van der Waals surface area (Å²) in [5.41, 5.74) is 2.58. The Labute approximate surface area is 183 Å². The van der Waals surface area contributed by atoms with Gasteiger partial charge in [-0.2, -0.15) is 0 Å². The Hall–Kier alpha value is -3.32. The van der Waals surface area contributed by atoms with Crippen LogP contribution in [-0.4, -0.2) is 35.0 Å². The fourth-order valence-electron chi connectivity index (χ4n) is 3.24. The fraction of sp³-hybridized carbons (Fsp3) is 0.208.